The van der Waals surface area contributed by atoms with E-state index in [-0.39, 0.29) is 12.1 Å². The van der Waals surface area contributed by atoms with Crippen molar-refractivity contribution in [3.05, 3.63) is 60.1 Å². The maximum absolute atomic E-state index is 11.8. The van der Waals surface area contributed by atoms with Gasteiger partial charge in [0.05, 0.1) is 6.26 Å². The summed E-state index contributed by atoms with van der Waals surface area (Å²) in [6.07, 6.45) is 4.21. The van der Waals surface area contributed by atoms with Crippen molar-refractivity contribution in [3.63, 3.8) is 0 Å². The van der Waals surface area contributed by atoms with E-state index in [2.05, 4.69) is 22.8 Å². The molecule has 1 aromatic heterocycles. The van der Waals surface area contributed by atoms with Gasteiger partial charge in [-0.25, -0.2) is 4.79 Å². The van der Waals surface area contributed by atoms with Crippen molar-refractivity contribution in [3.8, 4) is 0 Å². The molecule has 1 unspecified atom stereocenters. The first-order chi connectivity index (χ1) is 10.2. The summed E-state index contributed by atoms with van der Waals surface area (Å²) in [5.41, 5.74) is 1.23. The summed E-state index contributed by atoms with van der Waals surface area (Å²) in [6, 6.07) is 14.0. The van der Waals surface area contributed by atoms with Gasteiger partial charge >= 0.3 is 6.03 Å². The topological polar surface area (TPSA) is 54.3 Å². The predicted octanol–water partition coefficient (Wildman–Crippen LogP) is 3.14. The smallest absolute Gasteiger partial charge is 0.315 e. The molecule has 2 N–H and O–H groups in total. The van der Waals surface area contributed by atoms with Crippen molar-refractivity contribution in [2.75, 3.05) is 6.54 Å². The maximum Gasteiger partial charge on any atom is 0.315 e. The van der Waals surface area contributed by atoms with Gasteiger partial charge in [0.2, 0.25) is 0 Å². The van der Waals surface area contributed by atoms with Gasteiger partial charge < -0.3 is 15.1 Å². The van der Waals surface area contributed by atoms with Crippen molar-refractivity contribution in [2.24, 2.45) is 0 Å². The van der Waals surface area contributed by atoms with Crippen LogP contribution in [0.4, 0.5) is 4.79 Å². The molecular formula is C17H22N2O2. The highest BCUT2D eigenvalue weighted by Gasteiger charge is 2.07. The fourth-order valence-electron chi connectivity index (χ4n) is 2.13. The minimum Gasteiger partial charge on any atom is -0.469 e. The summed E-state index contributed by atoms with van der Waals surface area (Å²) < 4.78 is 5.27. The van der Waals surface area contributed by atoms with Crippen LogP contribution in [-0.2, 0) is 12.8 Å². The zero-order valence-corrected chi connectivity index (χ0v) is 12.3. The van der Waals surface area contributed by atoms with Crippen molar-refractivity contribution < 1.29 is 9.21 Å². The summed E-state index contributed by atoms with van der Waals surface area (Å²) in [7, 11) is 0. The second kappa shape index (κ2) is 8.15. The van der Waals surface area contributed by atoms with E-state index in [9.17, 15) is 4.79 Å². The standard InChI is InChI=1S/C17H22N2O2/c1-14(9-10-16-8-5-13-21-16)19-17(20)18-12-11-15-6-3-2-4-7-15/h2-8,13-14H,9-12H2,1H3,(H2,18,19,20). The highest BCUT2D eigenvalue weighted by atomic mass is 16.3. The average Bonchev–Trinajstić information content (AvgIpc) is 2.99. The molecular weight excluding hydrogens is 264 g/mol. The normalized spacial score (nSPS) is 11.9. The molecule has 21 heavy (non-hydrogen) atoms. The molecule has 0 aliphatic heterocycles. The van der Waals surface area contributed by atoms with E-state index in [1.807, 2.05) is 37.3 Å². The van der Waals surface area contributed by atoms with Crippen LogP contribution in [0.3, 0.4) is 0 Å². The monoisotopic (exact) mass is 286 g/mol. The molecule has 0 bridgehead atoms. The molecule has 0 radical (unpaired) electrons. The van der Waals surface area contributed by atoms with Gasteiger partial charge in [0.25, 0.3) is 0 Å². The molecule has 1 aromatic carbocycles. The SMILES string of the molecule is CC(CCc1ccco1)NC(=O)NCCc1ccccc1. The van der Waals surface area contributed by atoms with Gasteiger partial charge in [-0.1, -0.05) is 30.3 Å². The molecule has 1 heterocycles. The molecule has 0 aliphatic carbocycles. The molecule has 4 nitrogen and oxygen atoms in total. The van der Waals surface area contributed by atoms with Crippen LogP contribution in [0.1, 0.15) is 24.7 Å². The minimum absolute atomic E-state index is 0.113. The Bertz CT molecular complexity index is 523. The van der Waals surface area contributed by atoms with Crippen molar-refractivity contribution in [1.29, 1.82) is 0 Å². The Morgan fingerprint density at radius 2 is 1.95 bits per heavy atom. The molecule has 0 aliphatic rings. The van der Waals surface area contributed by atoms with E-state index in [1.54, 1.807) is 6.26 Å². The Morgan fingerprint density at radius 1 is 1.14 bits per heavy atom. The molecule has 1 atom stereocenters. The van der Waals surface area contributed by atoms with Crippen LogP contribution in [0.5, 0.6) is 0 Å². The molecule has 0 saturated carbocycles. The van der Waals surface area contributed by atoms with E-state index in [4.69, 9.17) is 4.42 Å². The van der Waals surface area contributed by atoms with E-state index < -0.39 is 0 Å². The van der Waals surface area contributed by atoms with Gasteiger partial charge in [-0.3, -0.25) is 0 Å². The fourth-order valence-corrected chi connectivity index (χ4v) is 2.13. The number of rotatable bonds is 7. The van der Waals surface area contributed by atoms with Crippen LogP contribution in [0, 0.1) is 0 Å². The summed E-state index contributed by atoms with van der Waals surface area (Å²) in [5, 5.41) is 5.82. The van der Waals surface area contributed by atoms with Gasteiger partial charge in [-0.15, -0.1) is 0 Å². The van der Waals surface area contributed by atoms with Gasteiger partial charge in [-0.05, 0) is 37.5 Å². The van der Waals surface area contributed by atoms with Gasteiger partial charge in [-0.2, -0.15) is 0 Å². The minimum atomic E-state index is -0.113. The third-order valence-electron chi connectivity index (χ3n) is 3.32. The highest BCUT2D eigenvalue weighted by molar-refractivity contribution is 5.74. The average molecular weight is 286 g/mol. The number of hydrogen-bond donors (Lipinski definition) is 2. The Hall–Kier alpha value is -2.23. The van der Waals surface area contributed by atoms with Crippen LogP contribution in [0.2, 0.25) is 0 Å². The summed E-state index contributed by atoms with van der Waals surface area (Å²) >= 11 is 0. The summed E-state index contributed by atoms with van der Waals surface area (Å²) in [4.78, 5) is 11.8. The molecule has 2 amide bonds. The molecule has 112 valence electrons. The largest absolute Gasteiger partial charge is 0.469 e. The lowest BCUT2D eigenvalue weighted by molar-refractivity contribution is 0.237. The number of benzene rings is 1. The van der Waals surface area contributed by atoms with Gasteiger partial charge in [0, 0.05) is 19.0 Å². The first-order valence-corrected chi connectivity index (χ1v) is 7.34. The maximum atomic E-state index is 11.8. The third-order valence-corrected chi connectivity index (χ3v) is 3.32. The Kier molecular flexibility index (Phi) is 5.88. The first kappa shape index (κ1) is 15.2. The number of urea groups is 1. The third kappa shape index (κ3) is 5.73. The highest BCUT2D eigenvalue weighted by Crippen LogP contribution is 2.05. The molecule has 4 heteroatoms. The van der Waals surface area contributed by atoms with E-state index >= 15 is 0 Å². The summed E-state index contributed by atoms with van der Waals surface area (Å²) in [6.45, 7) is 2.64. The van der Waals surface area contributed by atoms with Crippen LogP contribution in [0.25, 0.3) is 0 Å². The molecule has 2 aromatic rings. The van der Waals surface area contributed by atoms with Crippen molar-refractivity contribution >= 4 is 6.03 Å². The van der Waals surface area contributed by atoms with E-state index in [1.165, 1.54) is 5.56 Å². The number of amides is 2. The van der Waals surface area contributed by atoms with E-state index in [0.29, 0.717) is 6.54 Å². The number of carbonyl (C=O) groups is 1. The van der Waals surface area contributed by atoms with Crippen molar-refractivity contribution in [1.82, 2.24) is 10.6 Å². The number of aryl methyl sites for hydroxylation is 1. The van der Waals surface area contributed by atoms with Gasteiger partial charge in [0.15, 0.2) is 0 Å². The zero-order chi connectivity index (χ0) is 14.9. The van der Waals surface area contributed by atoms with Crippen LogP contribution in [0.15, 0.2) is 53.1 Å². The lowest BCUT2D eigenvalue weighted by Crippen LogP contribution is -2.41. The second-order valence-electron chi connectivity index (χ2n) is 5.15. The Labute approximate surface area is 125 Å². The summed E-state index contributed by atoms with van der Waals surface area (Å²) in [5.74, 6) is 0.952. The van der Waals surface area contributed by atoms with Gasteiger partial charge in [0.1, 0.15) is 5.76 Å². The number of carbonyl (C=O) groups excluding carboxylic acids is 1. The van der Waals surface area contributed by atoms with Crippen LogP contribution < -0.4 is 10.6 Å². The molecule has 0 saturated heterocycles. The number of nitrogens with one attached hydrogen (secondary N) is 2. The fraction of sp³-hybridized carbons (Fsp3) is 0.353. The lowest BCUT2D eigenvalue weighted by atomic mass is 10.1. The quantitative estimate of drug-likeness (QED) is 0.821. The number of hydrogen-bond acceptors (Lipinski definition) is 2. The van der Waals surface area contributed by atoms with Crippen molar-refractivity contribution in [2.45, 2.75) is 32.2 Å². The Morgan fingerprint density at radius 3 is 2.67 bits per heavy atom. The predicted molar refractivity (Wildman–Crippen MR) is 83.2 cm³/mol. The molecule has 0 spiro atoms. The van der Waals surface area contributed by atoms with E-state index in [0.717, 1.165) is 25.0 Å². The second-order valence-corrected chi connectivity index (χ2v) is 5.15. The molecule has 2 rings (SSSR count). The van der Waals surface area contributed by atoms with Crippen LogP contribution >= 0.6 is 0 Å². The molecule has 0 fully saturated rings. The number of furan rings is 1. The first-order valence-electron chi connectivity index (χ1n) is 7.34. The lowest BCUT2D eigenvalue weighted by Gasteiger charge is -2.14. The van der Waals surface area contributed by atoms with Crippen LogP contribution in [-0.4, -0.2) is 18.6 Å². The Balaban J connectivity index is 1.60. The zero-order valence-electron chi connectivity index (χ0n) is 12.3.